The van der Waals surface area contributed by atoms with Crippen LogP contribution >= 0.6 is 15.9 Å². The van der Waals surface area contributed by atoms with Crippen molar-refractivity contribution in [3.8, 4) is 0 Å². The third-order valence-corrected chi connectivity index (χ3v) is 3.27. The molecule has 0 radical (unpaired) electrons. The summed E-state index contributed by atoms with van der Waals surface area (Å²) in [6.45, 7) is 2.72. The first-order chi connectivity index (χ1) is 9.24. The molecule has 19 heavy (non-hydrogen) atoms. The Hall–Kier alpha value is -1.11. The minimum Gasteiger partial charge on any atom is -0.376 e. The molecule has 2 amide bonds. The molecule has 2 rings (SSSR count). The number of nitrogens with one attached hydrogen (secondary N) is 2. The second kappa shape index (κ2) is 7.47. The van der Waals surface area contributed by atoms with E-state index in [1.165, 1.54) is 0 Å². The van der Waals surface area contributed by atoms with Crippen LogP contribution < -0.4 is 10.6 Å². The van der Waals surface area contributed by atoms with E-state index in [0.29, 0.717) is 32.9 Å². The molecule has 0 spiro atoms. The van der Waals surface area contributed by atoms with Gasteiger partial charge in [-0.3, -0.25) is 0 Å². The van der Waals surface area contributed by atoms with Crippen molar-refractivity contribution >= 4 is 22.0 Å². The minimum absolute atomic E-state index is 0.0489. The molecule has 1 aliphatic heterocycles. The molecule has 1 atom stereocenters. The molecule has 1 unspecified atom stereocenters. The highest BCUT2D eigenvalue weighted by atomic mass is 79.9. The molecule has 0 aliphatic carbocycles. The monoisotopic (exact) mass is 328 g/mol. The second-order valence-electron chi connectivity index (χ2n) is 4.26. The van der Waals surface area contributed by atoms with E-state index in [2.05, 4.69) is 26.6 Å². The van der Waals surface area contributed by atoms with Crippen molar-refractivity contribution < 1.29 is 14.3 Å². The molecule has 5 nitrogen and oxygen atoms in total. The number of rotatable bonds is 4. The van der Waals surface area contributed by atoms with E-state index in [1.807, 2.05) is 24.3 Å². The molecule has 1 saturated heterocycles. The van der Waals surface area contributed by atoms with Gasteiger partial charge in [0, 0.05) is 17.6 Å². The number of urea groups is 1. The van der Waals surface area contributed by atoms with Crippen LogP contribution in [0.15, 0.2) is 28.7 Å². The van der Waals surface area contributed by atoms with Gasteiger partial charge in [-0.25, -0.2) is 4.79 Å². The Bertz CT molecular complexity index is 405. The molecule has 2 N–H and O–H groups in total. The maximum absolute atomic E-state index is 11.6. The third-order valence-electron chi connectivity index (χ3n) is 2.74. The van der Waals surface area contributed by atoms with Gasteiger partial charge in [0.15, 0.2) is 0 Å². The van der Waals surface area contributed by atoms with Crippen LogP contribution in [0.4, 0.5) is 4.79 Å². The van der Waals surface area contributed by atoms with Gasteiger partial charge in [0.05, 0.1) is 25.9 Å². The zero-order chi connectivity index (χ0) is 13.5. The number of carbonyl (C=O) groups excluding carboxylic acids is 1. The molecule has 1 aliphatic rings. The fraction of sp³-hybridized carbons (Fsp3) is 0.462. The number of hydrogen-bond donors (Lipinski definition) is 2. The summed E-state index contributed by atoms with van der Waals surface area (Å²) in [6.07, 6.45) is -0.0489. The highest BCUT2D eigenvalue weighted by Crippen LogP contribution is 2.10. The van der Waals surface area contributed by atoms with Crippen molar-refractivity contribution in [2.75, 3.05) is 26.4 Å². The molecule has 6 heteroatoms. The second-order valence-corrected chi connectivity index (χ2v) is 5.17. The van der Waals surface area contributed by atoms with Crippen molar-refractivity contribution in [3.05, 3.63) is 34.3 Å². The van der Waals surface area contributed by atoms with E-state index >= 15 is 0 Å². The van der Waals surface area contributed by atoms with Gasteiger partial charge in [-0.1, -0.05) is 28.1 Å². The quantitative estimate of drug-likeness (QED) is 0.883. The maximum atomic E-state index is 11.6. The van der Waals surface area contributed by atoms with Crippen molar-refractivity contribution in [2.45, 2.75) is 12.6 Å². The van der Waals surface area contributed by atoms with Crippen LogP contribution in [0.25, 0.3) is 0 Å². The summed E-state index contributed by atoms with van der Waals surface area (Å²) in [5.74, 6) is 0. The third kappa shape index (κ3) is 5.18. The molecule has 1 aromatic rings. The van der Waals surface area contributed by atoms with Crippen LogP contribution in [0, 0.1) is 0 Å². The maximum Gasteiger partial charge on any atom is 0.315 e. The van der Waals surface area contributed by atoms with E-state index in [4.69, 9.17) is 9.47 Å². The lowest BCUT2D eigenvalue weighted by Crippen LogP contribution is -2.43. The number of ether oxygens (including phenoxy) is 2. The van der Waals surface area contributed by atoms with Crippen LogP contribution in [0.1, 0.15) is 5.56 Å². The first-order valence-electron chi connectivity index (χ1n) is 6.19. The Morgan fingerprint density at radius 2 is 2.05 bits per heavy atom. The lowest BCUT2D eigenvalue weighted by atomic mass is 10.2. The van der Waals surface area contributed by atoms with E-state index < -0.39 is 0 Å². The first-order valence-corrected chi connectivity index (χ1v) is 6.99. The molecule has 1 heterocycles. The molecule has 0 saturated carbocycles. The number of halogens is 1. The van der Waals surface area contributed by atoms with E-state index in [1.54, 1.807) is 0 Å². The lowest BCUT2D eigenvalue weighted by Gasteiger charge is -2.23. The summed E-state index contributed by atoms with van der Waals surface area (Å²) < 4.78 is 11.7. The van der Waals surface area contributed by atoms with Crippen molar-refractivity contribution in [1.82, 2.24) is 10.6 Å². The summed E-state index contributed by atoms with van der Waals surface area (Å²) in [5.41, 5.74) is 1.05. The predicted molar refractivity (Wildman–Crippen MR) is 74.9 cm³/mol. The van der Waals surface area contributed by atoms with E-state index in [0.717, 1.165) is 10.0 Å². The van der Waals surface area contributed by atoms with E-state index in [9.17, 15) is 4.79 Å². The average Bonchev–Trinajstić information content (AvgIpc) is 2.45. The van der Waals surface area contributed by atoms with Gasteiger partial charge in [-0.05, 0) is 17.7 Å². The van der Waals surface area contributed by atoms with Crippen molar-refractivity contribution in [3.63, 3.8) is 0 Å². The Morgan fingerprint density at radius 3 is 2.74 bits per heavy atom. The van der Waals surface area contributed by atoms with Gasteiger partial charge in [0.1, 0.15) is 0 Å². The van der Waals surface area contributed by atoms with Gasteiger partial charge in [-0.2, -0.15) is 0 Å². The zero-order valence-electron chi connectivity index (χ0n) is 10.5. The SMILES string of the molecule is O=C(NCc1ccc(Br)cc1)NCC1COCCO1. The van der Waals surface area contributed by atoms with Gasteiger partial charge in [-0.15, -0.1) is 0 Å². The summed E-state index contributed by atoms with van der Waals surface area (Å²) in [7, 11) is 0. The van der Waals surface area contributed by atoms with Gasteiger partial charge < -0.3 is 20.1 Å². The Morgan fingerprint density at radius 1 is 1.26 bits per heavy atom. The molecular formula is C13H17BrN2O3. The topological polar surface area (TPSA) is 59.6 Å². The fourth-order valence-corrected chi connectivity index (χ4v) is 1.97. The summed E-state index contributed by atoms with van der Waals surface area (Å²) in [6, 6.07) is 7.62. The Balaban J connectivity index is 1.65. The normalized spacial score (nSPS) is 18.9. The van der Waals surface area contributed by atoms with E-state index in [-0.39, 0.29) is 12.1 Å². The number of benzene rings is 1. The number of carbonyl (C=O) groups is 1. The largest absolute Gasteiger partial charge is 0.376 e. The summed E-state index contributed by atoms with van der Waals surface area (Å²) >= 11 is 3.37. The molecule has 0 aromatic heterocycles. The molecule has 104 valence electrons. The zero-order valence-corrected chi connectivity index (χ0v) is 12.1. The average molecular weight is 329 g/mol. The van der Waals surface area contributed by atoms with Gasteiger partial charge in [0.25, 0.3) is 0 Å². The molecule has 1 fully saturated rings. The smallest absolute Gasteiger partial charge is 0.315 e. The summed E-state index contributed by atoms with van der Waals surface area (Å²) in [4.78, 5) is 11.6. The van der Waals surface area contributed by atoms with Crippen LogP contribution in [0.3, 0.4) is 0 Å². The Labute approximate surface area is 120 Å². The van der Waals surface area contributed by atoms with Crippen molar-refractivity contribution in [2.24, 2.45) is 0 Å². The molecule has 1 aromatic carbocycles. The predicted octanol–water partition coefficient (Wildman–Crippen LogP) is 1.66. The number of hydrogen-bond acceptors (Lipinski definition) is 3. The summed E-state index contributed by atoms with van der Waals surface area (Å²) in [5, 5.41) is 5.57. The minimum atomic E-state index is -0.197. The first kappa shape index (κ1) is 14.3. The highest BCUT2D eigenvalue weighted by molar-refractivity contribution is 9.10. The van der Waals surface area contributed by atoms with Crippen molar-refractivity contribution in [1.29, 1.82) is 0 Å². The molecule has 0 bridgehead atoms. The van der Waals surface area contributed by atoms with Crippen LogP contribution in [0.2, 0.25) is 0 Å². The van der Waals surface area contributed by atoms with Gasteiger partial charge >= 0.3 is 6.03 Å². The molecular weight excluding hydrogens is 312 g/mol. The van der Waals surface area contributed by atoms with Crippen LogP contribution in [0.5, 0.6) is 0 Å². The Kier molecular flexibility index (Phi) is 5.62. The van der Waals surface area contributed by atoms with Crippen LogP contribution in [-0.2, 0) is 16.0 Å². The van der Waals surface area contributed by atoms with Crippen LogP contribution in [-0.4, -0.2) is 38.5 Å². The van der Waals surface area contributed by atoms with Gasteiger partial charge in [0.2, 0.25) is 0 Å². The number of amides is 2. The lowest BCUT2D eigenvalue weighted by molar-refractivity contribution is -0.0853. The highest BCUT2D eigenvalue weighted by Gasteiger charge is 2.14. The fourth-order valence-electron chi connectivity index (χ4n) is 1.71. The standard InChI is InChI=1S/C13H17BrN2O3/c14-11-3-1-10(2-4-11)7-15-13(17)16-8-12-9-18-5-6-19-12/h1-4,12H,5-9H2,(H2,15,16,17).